The van der Waals surface area contributed by atoms with E-state index in [0.717, 1.165) is 0 Å². The van der Waals surface area contributed by atoms with Gasteiger partial charge in [-0.05, 0) is 46.9 Å². The number of ketones is 1. The summed E-state index contributed by atoms with van der Waals surface area (Å²) in [5.41, 5.74) is -0.611. The lowest BCUT2D eigenvalue weighted by atomic mass is 10.0. The smallest absolute Gasteiger partial charge is 0.280 e. The number of hydrogen-bond donors (Lipinski definition) is 0. The van der Waals surface area contributed by atoms with E-state index in [1.54, 1.807) is 0 Å². The number of carbonyl (C=O) groups excluding carboxylic acids is 1. The highest BCUT2D eigenvalue weighted by molar-refractivity contribution is 14.1. The van der Waals surface area contributed by atoms with Gasteiger partial charge in [0.1, 0.15) is 11.4 Å². The third-order valence-corrected chi connectivity index (χ3v) is 3.19. The highest BCUT2D eigenvalue weighted by Gasteiger charge is 2.22. The zero-order valence-corrected chi connectivity index (χ0v) is 11.6. The molecule has 0 amide bonds. The van der Waals surface area contributed by atoms with Crippen LogP contribution in [0.25, 0.3) is 0 Å². The summed E-state index contributed by atoms with van der Waals surface area (Å²) in [6.07, 6.45) is 0. The second-order valence-corrected chi connectivity index (χ2v) is 4.97. The first-order chi connectivity index (χ1) is 9.00. The van der Waals surface area contributed by atoms with Gasteiger partial charge in [0.05, 0.1) is 10.5 Å². The van der Waals surface area contributed by atoms with E-state index < -0.39 is 16.5 Å². The lowest BCUT2D eigenvalue weighted by Gasteiger charge is -2.04. The molecule has 0 aromatic heterocycles. The molecule has 0 unspecified atom stereocenters. The maximum Gasteiger partial charge on any atom is 0.280 e. The van der Waals surface area contributed by atoms with Crippen molar-refractivity contribution in [3.63, 3.8) is 0 Å². The Morgan fingerprint density at radius 3 is 2.53 bits per heavy atom. The molecule has 19 heavy (non-hydrogen) atoms. The summed E-state index contributed by atoms with van der Waals surface area (Å²) in [5, 5.41) is 10.9. The molecule has 0 aliphatic carbocycles. The molecule has 0 radical (unpaired) electrons. The molecule has 0 fully saturated rings. The summed E-state index contributed by atoms with van der Waals surface area (Å²) in [6, 6.07) is 9.57. The van der Waals surface area contributed by atoms with Crippen LogP contribution in [-0.2, 0) is 0 Å². The van der Waals surface area contributed by atoms with Crippen LogP contribution in [0.15, 0.2) is 42.5 Å². The predicted octanol–water partition coefficient (Wildman–Crippen LogP) is 3.57. The number of nitro benzene ring substituents is 1. The zero-order chi connectivity index (χ0) is 14.0. The Morgan fingerprint density at radius 2 is 1.84 bits per heavy atom. The minimum absolute atomic E-state index is 0.117. The SMILES string of the molecule is O=C(c1cc(I)ccc1F)c1ccccc1[N+](=O)[O-]. The Labute approximate surface area is 121 Å². The molecule has 0 saturated carbocycles. The molecule has 0 atom stereocenters. The van der Waals surface area contributed by atoms with Gasteiger partial charge in [-0.2, -0.15) is 0 Å². The van der Waals surface area contributed by atoms with Crippen LogP contribution in [0.1, 0.15) is 15.9 Å². The molecular weight excluding hydrogens is 364 g/mol. The number of halogens is 2. The Balaban J connectivity index is 2.56. The maximum absolute atomic E-state index is 13.6. The van der Waals surface area contributed by atoms with Gasteiger partial charge in [-0.15, -0.1) is 0 Å². The van der Waals surface area contributed by atoms with Crippen molar-refractivity contribution in [3.05, 3.63) is 73.1 Å². The van der Waals surface area contributed by atoms with Crippen LogP contribution < -0.4 is 0 Å². The van der Waals surface area contributed by atoms with Crippen LogP contribution in [0.2, 0.25) is 0 Å². The third-order valence-electron chi connectivity index (χ3n) is 2.52. The van der Waals surface area contributed by atoms with Crippen LogP contribution >= 0.6 is 22.6 Å². The Morgan fingerprint density at radius 1 is 1.16 bits per heavy atom. The minimum Gasteiger partial charge on any atom is -0.288 e. The molecule has 2 aromatic carbocycles. The molecule has 0 aliphatic heterocycles. The average Bonchev–Trinajstić information content (AvgIpc) is 2.40. The molecule has 0 N–H and O–H groups in total. The molecule has 2 aromatic rings. The lowest BCUT2D eigenvalue weighted by molar-refractivity contribution is -0.385. The second-order valence-electron chi connectivity index (χ2n) is 3.73. The molecule has 96 valence electrons. The molecule has 0 spiro atoms. The van der Waals surface area contributed by atoms with E-state index in [1.807, 2.05) is 22.6 Å². The Kier molecular flexibility index (Phi) is 3.89. The van der Waals surface area contributed by atoms with Crippen LogP contribution in [-0.4, -0.2) is 10.7 Å². The highest BCUT2D eigenvalue weighted by atomic mass is 127. The van der Waals surface area contributed by atoms with E-state index >= 15 is 0 Å². The zero-order valence-electron chi connectivity index (χ0n) is 9.47. The fourth-order valence-electron chi connectivity index (χ4n) is 1.64. The van der Waals surface area contributed by atoms with Crippen LogP contribution in [0.5, 0.6) is 0 Å². The fourth-order valence-corrected chi connectivity index (χ4v) is 2.13. The predicted molar refractivity (Wildman–Crippen MR) is 75.6 cm³/mol. The summed E-state index contributed by atoms with van der Waals surface area (Å²) >= 11 is 1.94. The van der Waals surface area contributed by atoms with Crippen molar-refractivity contribution in [2.75, 3.05) is 0 Å². The van der Waals surface area contributed by atoms with E-state index in [-0.39, 0.29) is 16.8 Å². The van der Waals surface area contributed by atoms with Gasteiger partial charge in [-0.1, -0.05) is 12.1 Å². The monoisotopic (exact) mass is 371 g/mol. The summed E-state index contributed by atoms with van der Waals surface area (Å²) in [7, 11) is 0. The first-order valence-electron chi connectivity index (χ1n) is 5.24. The van der Waals surface area contributed by atoms with E-state index in [0.29, 0.717) is 3.57 Å². The highest BCUT2D eigenvalue weighted by Crippen LogP contribution is 2.23. The van der Waals surface area contributed by atoms with Gasteiger partial charge in [0.25, 0.3) is 5.69 Å². The maximum atomic E-state index is 13.6. The minimum atomic E-state index is -0.691. The number of nitrogens with zero attached hydrogens (tertiary/aromatic N) is 1. The van der Waals surface area contributed by atoms with Gasteiger partial charge < -0.3 is 0 Å². The second kappa shape index (κ2) is 5.43. The fraction of sp³-hybridized carbons (Fsp3) is 0. The number of para-hydroxylation sites is 1. The number of hydrogen-bond acceptors (Lipinski definition) is 3. The molecule has 4 nitrogen and oxygen atoms in total. The normalized spacial score (nSPS) is 10.2. The van der Waals surface area contributed by atoms with E-state index in [1.165, 1.54) is 42.5 Å². The quantitative estimate of drug-likeness (QED) is 0.359. The van der Waals surface area contributed by atoms with Crippen molar-refractivity contribution in [1.29, 1.82) is 0 Å². The summed E-state index contributed by atoms with van der Waals surface area (Å²) in [4.78, 5) is 22.4. The van der Waals surface area contributed by atoms with Crippen molar-refractivity contribution in [1.82, 2.24) is 0 Å². The summed E-state index contributed by atoms with van der Waals surface area (Å²) < 4.78 is 14.3. The topological polar surface area (TPSA) is 60.2 Å². The van der Waals surface area contributed by atoms with Crippen molar-refractivity contribution >= 4 is 34.1 Å². The standard InChI is InChI=1S/C13H7FINO3/c14-11-6-5-8(15)7-10(11)13(17)9-3-1-2-4-12(9)16(18)19/h1-7H. The average molecular weight is 371 g/mol. The van der Waals surface area contributed by atoms with E-state index in [9.17, 15) is 19.3 Å². The van der Waals surface area contributed by atoms with Crippen LogP contribution in [0.3, 0.4) is 0 Å². The van der Waals surface area contributed by atoms with Crippen molar-refractivity contribution in [3.8, 4) is 0 Å². The Hall–Kier alpha value is -1.83. The largest absolute Gasteiger partial charge is 0.288 e. The molecule has 0 aliphatic rings. The molecule has 0 bridgehead atoms. The van der Waals surface area contributed by atoms with Gasteiger partial charge in [-0.3, -0.25) is 14.9 Å². The first kappa shape index (κ1) is 13.6. The number of benzene rings is 2. The number of nitro groups is 1. The number of carbonyl (C=O) groups is 1. The van der Waals surface area contributed by atoms with Gasteiger partial charge in [0.15, 0.2) is 0 Å². The van der Waals surface area contributed by atoms with E-state index in [2.05, 4.69) is 0 Å². The van der Waals surface area contributed by atoms with Gasteiger partial charge in [-0.25, -0.2) is 4.39 Å². The molecule has 0 heterocycles. The van der Waals surface area contributed by atoms with Crippen molar-refractivity contribution < 1.29 is 14.1 Å². The van der Waals surface area contributed by atoms with Crippen LogP contribution in [0.4, 0.5) is 10.1 Å². The summed E-state index contributed by atoms with van der Waals surface area (Å²) in [6.45, 7) is 0. The molecule has 6 heteroatoms. The van der Waals surface area contributed by atoms with Crippen molar-refractivity contribution in [2.45, 2.75) is 0 Å². The first-order valence-corrected chi connectivity index (χ1v) is 6.31. The Bertz CT molecular complexity index is 673. The van der Waals surface area contributed by atoms with Gasteiger partial charge in [0.2, 0.25) is 5.78 Å². The van der Waals surface area contributed by atoms with Gasteiger partial charge in [0, 0.05) is 9.64 Å². The molecule has 2 rings (SSSR count). The number of rotatable bonds is 3. The lowest BCUT2D eigenvalue weighted by Crippen LogP contribution is -2.07. The van der Waals surface area contributed by atoms with Gasteiger partial charge >= 0.3 is 0 Å². The summed E-state index contributed by atoms with van der Waals surface area (Å²) in [5.74, 6) is -1.38. The van der Waals surface area contributed by atoms with E-state index in [4.69, 9.17) is 0 Å². The third kappa shape index (κ3) is 2.78. The van der Waals surface area contributed by atoms with Crippen molar-refractivity contribution in [2.24, 2.45) is 0 Å². The van der Waals surface area contributed by atoms with Crippen LogP contribution in [0, 0.1) is 19.5 Å². The molecular formula is C13H7FINO3. The molecule has 0 saturated heterocycles.